The highest BCUT2D eigenvalue weighted by Gasteiger charge is 2.17. The Balaban J connectivity index is 1.86. The summed E-state index contributed by atoms with van der Waals surface area (Å²) < 4.78 is 38.6. The van der Waals surface area contributed by atoms with Crippen LogP contribution in [0.25, 0.3) is 0 Å². The summed E-state index contributed by atoms with van der Waals surface area (Å²) in [6.07, 6.45) is 4.14. The number of amides is 1. The van der Waals surface area contributed by atoms with Gasteiger partial charge in [0.15, 0.2) is 17.5 Å². The van der Waals surface area contributed by atoms with Crippen molar-refractivity contribution in [1.29, 1.82) is 0 Å². The van der Waals surface area contributed by atoms with E-state index in [1.807, 2.05) is 0 Å². The SMILES string of the molecule is O=C(CNc1cc(F)c(F)c(F)c1)NC1CCCC1. The molecular formula is C13H15F3N2O. The quantitative estimate of drug-likeness (QED) is 0.827. The van der Waals surface area contributed by atoms with E-state index >= 15 is 0 Å². The van der Waals surface area contributed by atoms with Gasteiger partial charge in [-0.15, -0.1) is 0 Å². The Hall–Kier alpha value is -1.72. The van der Waals surface area contributed by atoms with Crippen molar-refractivity contribution in [2.45, 2.75) is 31.7 Å². The molecule has 104 valence electrons. The molecule has 0 saturated heterocycles. The van der Waals surface area contributed by atoms with Crippen LogP contribution in [-0.4, -0.2) is 18.5 Å². The van der Waals surface area contributed by atoms with E-state index in [2.05, 4.69) is 10.6 Å². The number of hydrogen-bond acceptors (Lipinski definition) is 2. The molecule has 0 unspecified atom stereocenters. The highest BCUT2D eigenvalue weighted by Crippen LogP contribution is 2.18. The highest BCUT2D eigenvalue weighted by molar-refractivity contribution is 5.81. The zero-order chi connectivity index (χ0) is 13.8. The summed E-state index contributed by atoms with van der Waals surface area (Å²) in [6, 6.07) is 1.83. The number of carbonyl (C=O) groups excluding carboxylic acids is 1. The van der Waals surface area contributed by atoms with Crippen LogP contribution >= 0.6 is 0 Å². The molecule has 6 heteroatoms. The molecule has 1 aromatic carbocycles. The Kier molecular flexibility index (Phi) is 4.29. The smallest absolute Gasteiger partial charge is 0.239 e. The molecule has 0 radical (unpaired) electrons. The lowest BCUT2D eigenvalue weighted by Crippen LogP contribution is -2.36. The molecule has 3 nitrogen and oxygen atoms in total. The van der Waals surface area contributed by atoms with Gasteiger partial charge in [0.1, 0.15) is 0 Å². The van der Waals surface area contributed by atoms with Gasteiger partial charge >= 0.3 is 0 Å². The molecule has 1 aliphatic rings. The third-order valence-corrected chi connectivity index (χ3v) is 3.16. The number of nitrogens with one attached hydrogen (secondary N) is 2. The van der Waals surface area contributed by atoms with E-state index in [4.69, 9.17) is 0 Å². The van der Waals surface area contributed by atoms with Crippen molar-refractivity contribution < 1.29 is 18.0 Å². The van der Waals surface area contributed by atoms with E-state index < -0.39 is 17.5 Å². The second-order valence-corrected chi connectivity index (χ2v) is 4.66. The van der Waals surface area contributed by atoms with Gasteiger partial charge in [-0.1, -0.05) is 12.8 Å². The number of carbonyl (C=O) groups is 1. The Morgan fingerprint density at radius 3 is 2.32 bits per heavy atom. The summed E-state index contributed by atoms with van der Waals surface area (Å²) >= 11 is 0. The number of halogens is 3. The molecule has 19 heavy (non-hydrogen) atoms. The first-order valence-corrected chi connectivity index (χ1v) is 6.24. The summed E-state index contributed by atoms with van der Waals surface area (Å²) in [5, 5.41) is 5.40. The lowest BCUT2D eigenvalue weighted by atomic mass is 10.2. The van der Waals surface area contributed by atoms with E-state index in [9.17, 15) is 18.0 Å². The van der Waals surface area contributed by atoms with E-state index in [-0.39, 0.29) is 24.2 Å². The van der Waals surface area contributed by atoms with Crippen molar-refractivity contribution in [3.8, 4) is 0 Å². The van der Waals surface area contributed by atoms with Gasteiger partial charge in [0.2, 0.25) is 5.91 Å². The van der Waals surface area contributed by atoms with Gasteiger partial charge in [-0.3, -0.25) is 4.79 Å². The molecule has 1 saturated carbocycles. The minimum atomic E-state index is -1.51. The molecule has 2 rings (SSSR count). The van der Waals surface area contributed by atoms with Crippen LogP contribution < -0.4 is 10.6 Å². The van der Waals surface area contributed by atoms with Crippen LogP contribution in [0.15, 0.2) is 12.1 Å². The molecule has 0 atom stereocenters. The zero-order valence-electron chi connectivity index (χ0n) is 10.3. The van der Waals surface area contributed by atoms with Crippen molar-refractivity contribution in [2.75, 3.05) is 11.9 Å². The standard InChI is InChI=1S/C13H15F3N2O/c14-10-5-9(6-11(15)13(10)16)17-7-12(19)18-8-3-1-2-4-8/h5-6,8,17H,1-4,7H2,(H,18,19). The monoisotopic (exact) mass is 272 g/mol. The van der Waals surface area contributed by atoms with Crippen LogP contribution in [0.3, 0.4) is 0 Å². The van der Waals surface area contributed by atoms with Crippen LogP contribution in [0.2, 0.25) is 0 Å². The average Bonchev–Trinajstić information content (AvgIpc) is 2.86. The maximum absolute atomic E-state index is 12.9. The molecule has 0 aromatic heterocycles. The molecular weight excluding hydrogens is 257 g/mol. The highest BCUT2D eigenvalue weighted by atomic mass is 19.2. The van der Waals surface area contributed by atoms with Crippen molar-refractivity contribution in [3.05, 3.63) is 29.6 Å². The Bertz CT molecular complexity index is 450. The van der Waals surface area contributed by atoms with E-state index in [1.165, 1.54) is 0 Å². The van der Waals surface area contributed by atoms with Crippen LogP contribution in [0.1, 0.15) is 25.7 Å². The van der Waals surface area contributed by atoms with Gasteiger partial charge in [0.05, 0.1) is 6.54 Å². The summed E-state index contributed by atoms with van der Waals surface area (Å²) in [5.41, 5.74) is 0.0398. The molecule has 0 bridgehead atoms. The predicted molar refractivity (Wildman–Crippen MR) is 65.2 cm³/mol. The van der Waals surface area contributed by atoms with Crippen LogP contribution in [0.4, 0.5) is 18.9 Å². The number of benzene rings is 1. The minimum absolute atomic E-state index is 0.0398. The second kappa shape index (κ2) is 5.95. The van der Waals surface area contributed by atoms with E-state index in [0.717, 1.165) is 37.8 Å². The third kappa shape index (κ3) is 3.62. The molecule has 2 N–H and O–H groups in total. The average molecular weight is 272 g/mol. The van der Waals surface area contributed by atoms with Gasteiger partial charge < -0.3 is 10.6 Å². The van der Waals surface area contributed by atoms with Crippen LogP contribution in [0, 0.1) is 17.5 Å². The van der Waals surface area contributed by atoms with Crippen molar-refractivity contribution in [3.63, 3.8) is 0 Å². The van der Waals surface area contributed by atoms with Crippen LogP contribution in [0.5, 0.6) is 0 Å². The van der Waals surface area contributed by atoms with Gasteiger partial charge in [0.25, 0.3) is 0 Å². The Morgan fingerprint density at radius 2 is 1.74 bits per heavy atom. The maximum atomic E-state index is 12.9. The van der Waals surface area contributed by atoms with Crippen molar-refractivity contribution >= 4 is 11.6 Å². The lowest BCUT2D eigenvalue weighted by molar-refractivity contribution is -0.120. The fourth-order valence-electron chi connectivity index (χ4n) is 2.19. The summed E-state index contributed by atoms with van der Waals surface area (Å²) in [5.74, 6) is -4.31. The Labute approximate surface area is 109 Å². The minimum Gasteiger partial charge on any atom is -0.376 e. The van der Waals surface area contributed by atoms with E-state index in [1.54, 1.807) is 0 Å². The lowest BCUT2D eigenvalue weighted by Gasteiger charge is -2.13. The molecule has 1 fully saturated rings. The maximum Gasteiger partial charge on any atom is 0.239 e. The van der Waals surface area contributed by atoms with Gasteiger partial charge in [-0.25, -0.2) is 13.2 Å². The largest absolute Gasteiger partial charge is 0.376 e. The molecule has 1 aliphatic carbocycles. The number of rotatable bonds is 4. The van der Waals surface area contributed by atoms with Crippen LogP contribution in [-0.2, 0) is 4.79 Å². The predicted octanol–water partition coefficient (Wildman–Crippen LogP) is 2.57. The van der Waals surface area contributed by atoms with Crippen molar-refractivity contribution in [2.24, 2.45) is 0 Å². The number of anilines is 1. The summed E-state index contributed by atoms with van der Waals surface area (Å²) in [6.45, 7) is -0.0962. The first kappa shape index (κ1) is 13.7. The summed E-state index contributed by atoms with van der Waals surface area (Å²) in [7, 11) is 0. The van der Waals surface area contributed by atoms with Gasteiger partial charge in [-0.05, 0) is 12.8 Å². The van der Waals surface area contributed by atoms with Gasteiger partial charge in [-0.2, -0.15) is 0 Å². The molecule has 0 aliphatic heterocycles. The third-order valence-electron chi connectivity index (χ3n) is 3.16. The molecule has 1 amide bonds. The second-order valence-electron chi connectivity index (χ2n) is 4.66. The first-order chi connectivity index (χ1) is 9.06. The molecule has 1 aromatic rings. The Morgan fingerprint density at radius 1 is 1.16 bits per heavy atom. The molecule has 0 spiro atoms. The first-order valence-electron chi connectivity index (χ1n) is 6.24. The summed E-state index contributed by atoms with van der Waals surface area (Å²) in [4.78, 5) is 11.6. The van der Waals surface area contributed by atoms with Gasteiger partial charge in [0, 0.05) is 23.9 Å². The fraction of sp³-hybridized carbons (Fsp3) is 0.462. The molecule has 0 heterocycles. The number of hydrogen-bond donors (Lipinski definition) is 2. The topological polar surface area (TPSA) is 41.1 Å². The normalized spacial score (nSPS) is 15.5. The fourth-order valence-corrected chi connectivity index (χ4v) is 2.19. The van der Waals surface area contributed by atoms with E-state index in [0.29, 0.717) is 0 Å². The zero-order valence-corrected chi connectivity index (χ0v) is 10.3. The van der Waals surface area contributed by atoms with Crippen molar-refractivity contribution in [1.82, 2.24) is 5.32 Å².